The third-order valence-electron chi connectivity index (χ3n) is 2.98. The SMILES string of the molecule is COc1ccc2c(c1)-c1ccccc1NC=C2. The van der Waals surface area contributed by atoms with Crippen molar-refractivity contribution in [1.82, 2.24) is 0 Å². The van der Waals surface area contributed by atoms with Crippen molar-refractivity contribution >= 4 is 11.8 Å². The Morgan fingerprint density at radius 1 is 1.00 bits per heavy atom. The van der Waals surface area contributed by atoms with Crippen LogP contribution in [0.2, 0.25) is 0 Å². The Bertz CT molecular complexity index is 587. The highest BCUT2D eigenvalue weighted by Gasteiger charge is 2.11. The lowest BCUT2D eigenvalue weighted by atomic mass is 9.98. The summed E-state index contributed by atoms with van der Waals surface area (Å²) < 4.78 is 5.29. The number of fused-ring (bicyclic) bond motifs is 3. The van der Waals surface area contributed by atoms with E-state index in [4.69, 9.17) is 4.74 Å². The summed E-state index contributed by atoms with van der Waals surface area (Å²) in [5.41, 5.74) is 4.71. The van der Waals surface area contributed by atoms with Crippen LogP contribution in [0.1, 0.15) is 5.56 Å². The van der Waals surface area contributed by atoms with Crippen molar-refractivity contribution in [3.63, 3.8) is 0 Å². The lowest BCUT2D eigenvalue weighted by Crippen LogP contribution is -1.89. The molecule has 0 bridgehead atoms. The first-order valence-corrected chi connectivity index (χ1v) is 5.59. The largest absolute Gasteiger partial charge is 0.497 e. The van der Waals surface area contributed by atoms with E-state index in [2.05, 4.69) is 41.7 Å². The van der Waals surface area contributed by atoms with Crippen molar-refractivity contribution in [2.24, 2.45) is 0 Å². The minimum atomic E-state index is 0.883. The van der Waals surface area contributed by atoms with Crippen molar-refractivity contribution in [3.05, 3.63) is 54.2 Å². The van der Waals surface area contributed by atoms with E-state index in [1.807, 2.05) is 18.3 Å². The van der Waals surface area contributed by atoms with E-state index in [0.717, 1.165) is 11.4 Å². The third kappa shape index (κ3) is 1.68. The molecule has 2 aromatic carbocycles. The molecule has 1 heterocycles. The number of nitrogens with one attached hydrogen (secondary N) is 1. The fourth-order valence-electron chi connectivity index (χ4n) is 2.11. The Hall–Kier alpha value is -2.22. The van der Waals surface area contributed by atoms with E-state index in [1.54, 1.807) is 7.11 Å². The molecule has 1 aliphatic rings. The zero-order chi connectivity index (χ0) is 11.7. The number of hydrogen-bond acceptors (Lipinski definition) is 2. The van der Waals surface area contributed by atoms with E-state index in [-0.39, 0.29) is 0 Å². The first kappa shape index (κ1) is 9.97. The predicted octanol–water partition coefficient (Wildman–Crippen LogP) is 3.76. The van der Waals surface area contributed by atoms with Gasteiger partial charge in [0.15, 0.2) is 0 Å². The van der Waals surface area contributed by atoms with Crippen molar-refractivity contribution in [2.75, 3.05) is 12.4 Å². The zero-order valence-electron chi connectivity index (χ0n) is 9.60. The molecule has 0 aliphatic carbocycles. The molecule has 0 spiro atoms. The van der Waals surface area contributed by atoms with E-state index in [9.17, 15) is 0 Å². The fourth-order valence-corrected chi connectivity index (χ4v) is 2.11. The topological polar surface area (TPSA) is 21.3 Å². The minimum absolute atomic E-state index is 0.883. The maximum absolute atomic E-state index is 5.29. The van der Waals surface area contributed by atoms with Crippen LogP contribution in [-0.4, -0.2) is 7.11 Å². The maximum atomic E-state index is 5.29. The molecular formula is C15H13NO. The van der Waals surface area contributed by atoms with E-state index < -0.39 is 0 Å². The maximum Gasteiger partial charge on any atom is 0.119 e. The normalized spacial score (nSPS) is 12.1. The van der Waals surface area contributed by atoms with Gasteiger partial charge in [-0.25, -0.2) is 0 Å². The molecule has 84 valence electrons. The molecule has 0 unspecified atom stereocenters. The highest BCUT2D eigenvalue weighted by molar-refractivity contribution is 5.87. The van der Waals surface area contributed by atoms with Crippen LogP contribution in [0.5, 0.6) is 5.75 Å². The van der Waals surface area contributed by atoms with Gasteiger partial charge in [0.05, 0.1) is 7.11 Å². The van der Waals surface area contributed by atoms with Gasteiger partial charge in [-0.1, -0.05) is 24.3 Å². The van der Waals surface area contributed by atoms with E-state index in [0.29, 0.717) is 0 Å². The molecule has 0 atom stereocenters. The van der Waals surface area contributed by atoms with Gasteiger partial charge in [0.1, 0.15) is 5.75 Å². The van der Waals surface area contributed by atoms with Crippen molar-refractivity contribution in [3.8, 4) is 16.9 Å². The van der Waals surface area contributed by atoms with Gasteiger partial charge in [0.2, 0.25) is 0 Å². The van der Waals surface area contributed by atoms with Gasteiger partial charge in [-0.05, 0) is 35.4 Å². The Morgan fingerprint density at radius 3 is 2.76 bits per heavy atom. The van der Waals surface area contributed by atoms with Gasteiger partial charge in [-0.2, -0.15) is 0 Å². The van der Waals surface area contributed by atoms with Crippen LogP contribution in [0.15, 0.2) is 48.7 Å². The lowest BCUT2D eigenvalue weighted by Gasteiger charge is -2.10. The monoisotopic (exact) mass is 223 g/mol. The average molecular weight is 223 g/mol. The number of methoxy groups -OCH3 is 1. The van der Waals surface area contributed by atoms with Crippen LogP contribution in [0.4, 0.5) is 5.69 Å². The van der Waals surface area contributed by atoms with Crippen LogP contribution in [0.3, 0.4) is 0 Å². The molecule has 0 aromatic heterocycles. The highest BCUT2D eigenvalue weighted by atomic mass is 16.5. The Labute approximate surface area is 101 Å². The molecule has 2 nitrogen and oxygen atoms in total. The van der Waals surface area contributed by atoms with E-state index in [1.165, 1.54) is 16.7 Å². The number of rotatable bonds is 1. The standard InChI is InChI=1S/C15H13NO/c1-17-12-7-6-11-8-9-16-15-5-3-2-4-13(15)14(11)10-12/h2-10,16H,1H3. The summed E-state index contributed by atoms with van der Waals surface area (Å²) in [4.78, 5) is 0. The Morgan fingerprint density at radius 2 is 1.88 bits per heavy atom. The zero-order valence-corrected chi connectivity index (χ0v) is 9.60. The molecule has 0 amide bonds. The second-order valence-corrected chi connectivity index (χ2v) is 3.98. The lowest BCUT2D eigenvalue weighted by molar-refractivity contribution is 0.415. The summed E-state index contributed by atoms with van der Waals surface area (Å²) in [5.74, 6) is 0.883. The smallest absolute Gasteiger partial charge is 0.119 e. The first-order valence-electron chi connectivity index (χ1n) is 5.59. The molecule has 1 N–H and O–H groups in total. The molecule has 0 radical (unpaired) electrons. The minimum Gasteiger partial charge on any atom is -0.497 e. The summed E-state index contributed by atoms with van der Waals surface area (Å²) in [7, 11) is 1.69. The van der Waals surface area contributed by atoms with Crippen LogP contribution < -0.4 is 10.1 Å². The van der Waals surface area contributed by atoms with Gasteiger partial charge in [0, 0.05) is 17.5 Å². The summed E-state index contributed by atoms with van der Waals surface area (Å²) >= 11 is 0. The quantitative estimate of drug-likeness (QED) is 0.794. The summed E-state index contributed by atoms with van der Waals surface area (Å²) in [6, 6.07) is 14.4. The van der Waals surface area contributed by atoms with Gasteiger partial charge in [-0.3, -0.25) is 0 Å². The summed E-state index contributed by atoms with van der Waals surface area (Å²) in [6.45, 7) is 0. The summed E-state index contributed by atoms with van der Waals surface area (Å²) in [6.07, 6.45) is 4.05. The van der Waals surface area contributed by atoms with E-state index >= 15 is 0 Å². The van der Waals surface area contributed by atoms with Crippen molar-refractivity contribution in [1.29, 1.82) is 0 Å². The van der Waals surface area contributed by atoms with Crippen molar-refractivity contribution < 1.29 is 4.74 Å². The van der Waals surface area contributed by atoms with Crippen LogP contribution in [0.25, 0.3) is 17.2 Å². The summed E-state index contributed by atoms with van der Waals surface area (Å²) in [5, 5.41) is 3.29. The number of benzene rings is 2. The third-order valence-corrected chi connectivity index (χ3v) is 2.98. The molecule has 2 heteroatoms. The second-order valence-electron chi connectivity index (χ2n) is 3.98. The van der Waals surface area contributed by atoms with Gasteiger partial charge in [0.25, 0.3) is 0 Å². The second kappa shape index (κ2) is 3.98. The van der Waals surface area contributed by atoms with Crippen molar-refractivity contribution in [2.45, 2.75) is 0 Å². The molecule has 0 fully saturated rings. The highest BCUT2D eigenvalue weighted by Crippen LogP contribution is 2.35. The van der Waals surface area contributed by atoms with Gasteiger partial charge >= 0.3 is 0 Å². The molecule has 0 saturated heterocycles. The van der Waals surface area contributed by atoms with Gasteiger partial charge < -0.3 is 10.1 Å². The van der Waals surface area contributed by atoms with Crippen LogP contribution >= 0.6 is 0 Å². The molecule has 1 aliphatic heterocycles. The predicted molar refractivity (Wildman–Crippen MR) is 71.1 cm³/mol. The molecule has 3 rings (SSSR count). The number of hydrogen-bond donors (Lipinski definition) is 1. The number of ether oxygens (including phenoxy) is 1. The molecular weight excluding hydrogens is 210 g/mol. The average Bonchev–Trinajstić information content (AvgIpc) is 2.57. The molecule has 17 heavy (non-hydrogen) atoms. The molecule has 2 aromatic rings. The number of para-hydroxylation sites is 1. The van der Waals surface area contributed by atoms with Crippen LogP contribution in [-0.2, 0) is 0 Å². The van der Waals surface area contributed by atoms with Gasteiger partial charge in [-0.15, -0.1) is 0 Å². The fraction of sp³-hybridized carbons (Fsp3) is 0.0667. The Kier molecular flexibility index (Phi) is 2.33. The first-order chi connectivity index (χ1) is 8.38. The molecule has 0 saturated carbocycles. The van der Waals surface area contributed by atoms with Crippen LogP contribution in [0, 0.1) is 0 Å². The Balaban J connectivity index is 2.27. The number of anilines is 1.